The number of nitrogens with two attached hydrogens (primary N) is 1. The van der Waals surface area contributed by atoms with Crippen LogP contribution < -0.4 is 11.1 Å². The Morgan fingerprint density at radius 2 is 1.50 bits per heavy atom. The van der Waals surface area contributed by atoms with Crippen molar-refractivity contribution in [3.8, 4) is 11.1 Å². The van der Waals surface area contributed by atoms with Gasteiger partial charge in [0.25, 0.3) is 5.91 Å². The van der Waals surface area contributed by atoms with Gasteiger partial charge in [-0.1, -0.05) is 60.7 Å². The molecule has 3 N–H and O–H groups in total. The lowest BCUT2D eigenvalue weighted by Gasteiger charge is -2.16. The van der Waals surface area contributed by atoms with E-state index in [0.29, 0.717) is 0 Å². The third-order valence-electron chi connectivity index (χ3n) is 4.70. The molecule has 1 atom stereocenters. The first kappa shape index (κ1) is 20.8. The molecule has 3 aromatic rings. The Hall–Kier alpha value is -3.93. The molecule has 6 heteroatoms. The van der Waals surface area contributed by atoms with Crippen molar-refractivity contribution in [3.05, 3.63) is 95.6 Å². The summed E-state index contributed by atoms with van der Waals surface area (Å²) in [5.74, 6) is -1.68. The maximum Gasteiger partial charge on any atom is 0.337 e. The Morgan fingerprint density at radius 3 is 2.13 bits per heavy atom. The van der Waals surface area contributed by atoms with Crippen LogP contribution in [0.4, 0.5) is 0 Å². The topological polar surface area (TPSA) is 98.5 Å². The number of carbonyl (C=O) groups excluding carboxylic acids is 3. The van der Waals surface area contributed by atoms with Crippen LogP contribution in [0.2, 0.25) is 0 Å². The van der Waals surface area contributed by atoms with Crippen molar-refractivity contribution in [3.63, 3.8) is 0 Å². The van der Waals surface area contributed by atoms with E-state index in [2.05, 4.69) is 10.1 Å². The van der Waals surface area contributed by atoms with Gasteiger partial charge in [0, 0.05) is 12.0 Å². The highest BCUT2D eigenvalue weighted by Crippen LogP contribution is 2.19. The third-order valence-corrected chi connectivity index (χ3v) is 4.70. The van der Waals surface area contributed by atoms with E-state index in [9.17, 15) is 14.4 Å². The lowest BCUT2D eigenvalue weighted by molar-refractivity contribution is -0.119. The van der Waals surface area contributed by atoms with Crippen LogP contribution in [0.15, 0.2) is 78.9 Å². The van der Waals surface area contributed by atoms with Crippen LogP contribution in [0.5, 0.6) is 0 Å². The highest BCUT2D eigenvalue weighted by molar-refractivity contribution is 5.99. The number of rotatable bonds is 7. The molecule has 30 heavy (non-hydrogen) atoms. The van der Waals surface area contributed by atoms with Crippen molar-refractivity contribution in [2.45, 2.75) is 12.5 Å². The molecular formula is C24H22N2O4. The van der Waals surface area contributed by atoms with E-state index >= 15 is 0 Å². The molecule has 0 aromatic heterocycles. The minimum Gasteiger partial charge on any atom is -0.465 e. The van der Waals surface area contributed by atoms with Gasteiger partial charge in [-0.15, -0.1) is 0 Å². The van der Waals surface area contributed by atoms with Crippen molar-refractivity contribution in [2.75, 3.05) is 7.11 Å². The van der Waals surface area contributed by atoms with Crippen LogP contribution in [0.3, 0.4) is 0 Å². The molecule has 0 spiro atoms. The average Bonchev–Trinajstić information content (AvgIpc) is 2.79. The van der Waals surface area contributed by atoms with Gasteiger partial charge >= 0.3 is 5.97 Å². The first-order valence-corrected chi connectivity index (χ1v) is 9.41. The summed E-state index contributed by atoms with van der Waals surface area (Å²) in [6.45, 7) is 0. The fraction of sp³-hybridized carbons (Fsp3) is 0.125. The second-order valence-electron chi connectivity index (χ2n) is 6.77. The van der Waals surface area contributed by atoms with E-state index < -0.39 is 23.8 Å². The molecule has 2 amide bonds. The molecule has 0 radical (unpaired) electrons. The molecular weight excluding hydrogens is 380 g/mol. The maximum atomic E-state index is 12.6. The van der Waals surface area contributed by atoms with Gasteiger partial charge in [-0.2, -0.15) is 0 Å². The molecule has 3 aromatic carbocycles. The highest BCUT2D eigenvalue weighted by atomic mass is 16.5. The Balaban J connectivity index is 1.71. The Bertz CT molecular complexity index is 1050. The number of esters is 1. The standard InChI is InChI=1S/C24H22N2O4/c1-30-24(29)20-9-5-8-19(15-20)23(28)26-21(22(25)27)14-16-10-12-18(13-11-16)17-6-3-2-4-7-17/h2-13,15,21H,14H2,1H3,(H2,25,27)(H,26,28)/t21-/m0/s1. The summed E-state index contributed by atoms with van der Waals surface area (Å²) in [6, 6.07) is 22.9. The second kappa shape index (κ2) is 9.52. The average molecular weight is 402 g/mol. The van der Waals surface area contributed by atoms with E-state index in [4.69, 9.17) is 5.73 Å². The summed E-state index contributed by atoms with van der Waals surface area (Å²) in [4.78, 5) is 36.2. The van der Waals surface area contributed by atoms with Crippen LogP contribution in [0.25, 0.3) is 11.1 Å². The van der Waals surface area contributed by atoms with Crippen molar-refractivity contribution in [1.29, 1.82) is 0 Å². The van der Waals surface area contributed by atoms with Gasteiger partial charge in [-0.3, -0.25) is 9.59 Å². The molecule has 0 fully saturated rings. The lowest BCUT2D eigenvalue weighted by atomic mass is 10.00. The SMILES string of the molecule is COC(=O)c1cccc(C(=O)N[C@@H](Cc2ccc(-c3ccccc3)cc2)C(N)=O)c1. The number of primary amides is 1. The minimum absolute atomic E-state index is 0.239. The third kappa shape index (κ3) is 5.11. The molecule has 0 unspecified atom stereocenters. The van der Waals surface area contributed by atoms with Crippen molar-refractivity contribution in [1.82, 2.24) is 5.32 Å². The van der Waals surface area contributed by atoms with Gasteiger partial charge in [-0.05, 0) is 34.9 Å². The highest BCUT2D eigenvalue weighted by Gasteiger charge is 2.20. The number of carbonyl (C=O) groups is 3. The predicted octanol–water partition coefficient (Wildman–Crippen LogP) is 2.97. The van der Waals surface area contributed by atoms with Crippen LogP contribution in [-0.4, -0.2) is 30.9 Å². The van der Waals surface area contributed by atoms with Gasteiger partial charge in [0.05, 0.1) is 12.7 Å². The normalized spacial score (nSPS) is 11.4. The van der Waals surface area contributed by atoms with Crippen molar-refractivity contribution >= 4 is 17.8 Å². The largest absolute Gasteiger partial charge is 0.465 e. The van der Waals surface area contributed by atoms with Gasteiger partial charge in [-0.25, -0.2) is 4.79 Å². The molecule has 0 heterocycles. The zero-order valence-corrected chi connectivity index (χ0v) is 16.5. The molecule has 0 saturated carbocycles. The molecule has 0 aliphatic carbocycles. The van der Waals surface area contributed by atoms with Crippen molar-refractivity contribution < 1.29 is 19.1 Å². The Kier molecular flexibility index (Phi) is 6.60. The lowest BCUT2D eigenvalue weighted by Crippen LogP contribution is -2.45. The first-order valence-electron chi connectivity index (χ1n) is 9.41. The van der Waals surface area contributed by atoms with E-state index in [0.717, 1.165) is 16.7 Å². The minimum atomic E-state index is -0.887. The number of ether oxygens (including phenoxy) is 1. The summed E-state index contributed by atoms with van der Waals surface area (Å²) in [5, 5.41) is 2.65. The predicted molar refractivity (Wildman–Crippen MR) is 114 cm³/mol. The number of hydrogen-bond donors (Lipinski definition) is 2. The summed E-state index contributed by atoms with van der Waals surface area (Å²) in [7, 11) is 1.27. The summed E-state index contributed by atoms with van der Waals surface area (Å²) in [6.07, 6.45) is 0.257. The van der Waals surface area contributed by atoms with Gasteiger partial charge in [0.1, 0.15) is 6.04 Å². The zero-order chi connectivity index (χ0) is 21.5. The number of amides is 2. The second-order valence-corrected chi connectivity index (χ2v) is 6.77. The van der Waals surface area contributed by atoms with Gasteiger partial charge < -0.3 is 15.8 Å². The molecule has 0 bridgehead atoms. The number of benzene rings is 3. The smallest absolute Gasteiger partial charge is 0.337 e. The first-order chi connectivity index (χ1) is 14.5. The number of hydrogen-bond acceptors (Lipinski definition) is 4. The van der Waals surface area contributed by atoms with Crippen LogP contribution in [0.1, 0.15) is 26.3 Å². The fourth-order valence-electron chi connectivity index (χ4n) is 3.07. The number of methoxy groups -OCH3 is 1. The van der Waals surface area contributed by atoms with E-state index in [1.807, 2.05) is 54.6 Å². The molecule has 152 valence electrons. The maximum absolute atomic E-state index is 12.6. The van der Waals surface area contributed by atoms with E-state index in [1.165, 1.54) is 13.2 Å². The summed E-state index contributed by atoms with van der Waals surface area (Å²) < 4.78 is 4.67. The van der Waals surface area contributed by atoms with Crippen LogP contribution >= 0.6 is 0 Å². The van der Waals surface area contributed by atoms with Crippen LogP contribution in [-0.2, 0) is 16.0 Å². The Labute approximate surface area is 174 Å². The number of nitrogens with one attached hydrogen (secondary N) is 1. The van der Waals surface area contributed by atoms with Crippen LogP contribution in [0, 0.1) is 0 Å². The van der Waals surface area contributed by atoms with E-state index in [1.54, 1.807) is 18.2 Å². The summed E-state index contributed by atoms with van der Waals surface area (Å²) >= 11 is 0. The molecule has 0 aliphatic rings. The fourth-order valence-corrected chi connectivity index (χ4v) is 3.07. The monoisotopic (exact) mass is 402 g/mol. The Morgan fingerprint density at radius 1 is 0.867 bits per heavy atom. The molecule has 6 nitrogen and oxygen atoms in total. The quantitative estimate of drug-likeness (QED) is 0.594. The summed E-state index contributed by atoms with van der Waals surface area (Å²) in [5.41, 5.74) is 9.00. The van der Waals surface area contributed by atoms with E-state index in [-0.39, 0.29) is 17.5 Å². The molecule has 3 rings (SSSR count). The molecule has 0 aliphatic heterocycles. The van der Waals surface area contributed by atoms with Gasteiger partial charge in [0.2, 0.25) is 5.91 Å². The zero-order valence-electron chi connectivity index (χ0n) is 16.5. The van der Waals surface area contributed by atoms with Crippen molar-refractivity contribution in [2.24, 2.45) is 5.73 Å². The van der Waals surface area contributed by atoms with Gasteiger partial charge in [0.15, 0.2) is 0 Å². The molecule has 0 saturated heterocycles.